The molecular weight excluding hydrogens is 332 g/mol. The summed E-state index contributed by atoms with van der Waals surface area (Å²) in [5, 5.41) is 3.17. The molecule has 0 unspecified atom stereocenters. The van der Waals surface area contributed by atoms with Crippen molar-refractivity contribution < 1.29 is 4.79 Å². The zero-order valence-electron chi connectivity index (χ0n) is 16.3. The van der Waals surface area contributed by atoms with Crippen molar-refractivity contribution in [3.05, 3.63) is 64.7 Å². The number of hydrogen-bond donors (Lipinski definition) is 1. The largest absolute Gasteiger partial charge is 0.372 e. The topological polar surface area (TPSA) is 32.3 Å². The Morgan fingerprint density at radius 1 is 0.889 bits per heavy atom. The molecule has 1 saturated heterocycles. The maximum absolute atomic E-state index is 12.7. The van der Waals surface area contributed by atoms with Crippen LogP contribution in [0.15, 0.2) is 42.5 Å². The maximum Gasteiger partial charge on any atom is 0.251 e. The van der Waals surface area contributed by atoms with Crippen LogP contribution >= 0.6 is 0 Å². The molecule has 1 aliphatic heterocycles. The number of nitrogens with one attached hydrogen (secondary N) is 1. The predicted molar refractivity (Wildman–Crippen MR) is 111 cm³/mol. The summed E-state index contributed by atoms with van der Waals surface area (Å²) in [5.74, 6) is 0.0241. The van der Waals surface area contributed by atoms with Crippen LogP contribution < -0.4 is 10.2 Å². The molecule has 0 saturated carbocycles. The number of amides is 1. The van der Waals surface area contributed by atoms with E-state index in [0.717, 1.165) is 37.1 Å². The van der Waals surface area contributed by atoms with Crippen molar-refractivity contribution in [2.45, 2.75) is 57.9 Å². The van der Waals surface area contributed by atoms with Crippen LogP contribution in [-0.4, -0.2) is 19.0 Å². The zero-order chi connectivity index (χ0) is 18.6. The number of fused-ring (bicyclic) bond motifs is 1. The van der Waals surface area contributed by atoms with E-state index in [-0.39, 0.29) is 11.9 Å². The molecule has 4 rings (SSSR count). The molecule has 1 atom stereocenters. The molecule has 1 aliphatic carbocycles. The minimum atomic E-state index is 0.00365. The molecule has 142 valence electrons. The quantitative estimate of drug-likeness (QED) is 0.826. The monoisotopic (exact) mass is 362 g/mol. The summed E-state index contributed by atoms with van der Waals surface area (Å²) in [6, 6.07) is 14.9. The zero-order valence-corrected chi connectivity index (χ0v) is 16.3. The number of carbonyl (C=O) groups is 1. The lowest BCUT2D eigenvalue weighted by Crippen LogP contribution is -2.29. The third kappa shape index (κ3) is 4.18. The van der Waals surface area contributed by atoms with Gasteiger partial charge in [-0.15, -0.1) is 0 Å². The molecule has 2 aromatic rings. The highest BCUT2D eigenvalue weighted by molar-refractivity contribution is 5.94. The standard InChI is InChI=1S/C24H30N2O/c1-18(19-11-13-23(14-12-19)26-15-5-2-6-16-26)25-24(27)22-10-9-20-7-3-4-8-21(20)17-22/h9-14,17-18H,2-8,15-16H2,1H3,(H,25,27)/t18-/m1/s1. The second-order valence-electron chi connectivity index (χ2n) is 8.02. The number of benzene rings is 2. The van der Waals surface area contributed by atoms with Crippen molar-refractivity contribution in [1.82, 2.24) is 5.32 Å². The summed E-state index contributed by atoms with van der Waals surface area (Å²) in [6.45, 7) is 4.38. The predicted octanol–water partition coefficient (Wildman–Crippen LogP) is 5.05. The highest BCUT2D eigenvalue weighted by Gasteiger charge is 2.16. The van der Waals surface area contributed by atoms with Gasteiger partial charge < -0.3 is 10.2 Å². The molecule has 0 bridgehead atoms. The van der Waals surface area contributed by atoms with Gasteiger partial charge >= 0.3 is 0 Å². The number of anilines is 1. The van der Waals surface area contributed by atoms with E-state index < -0.39 is 0 Å². The van der Waals surface area contributed by atoms with Crippen molar-refractivity contribution in [3.8, 4) is 0 Å². The van der Waals surface area contributed by atoms with Crippen LogP contribution in [0.5, 0.6) is 0 Å². The highest BCUT2D eigenvalue weighted by Crippen LogP contribution is 2.24. The second kappa shape index (κ2) is 8.16. The van der Waals surface area contributed by atoms with Crippen LogP contribution in [-0.2, 0) is 12.8 Å². The van der Waals surface area contributed by atoms with Crippen LogP contribution in [0.2, 0.25) is 0 Å². The Labute approximate surface area is 162 Å². The summed E-state index contributed by atoms with van der Waals surface area (Å²) < 4.78 is 0. The highest BCUT2D eigenvalue weighted by atomic mass is 16.1. The minimum absolute atomic E-state index is 0.00365. The number of carbonyl (C=O) groups excluding carboxylic acids is 1. The van der Waals surface area contributed by atoms with Crippen LogP contribution in [0.4, 0.5) is 5.69 Å². The first kappa shape index (κ1) is 18.1. The minimum Gasteiger partial charge on any atom is -0.372 e. The van der Waals surface area contributed by atoms with Gasteiger partial charge in [0, 0.05) is 24.3 Å². The summed E-state index contributed by atoms with van der Waals surface area (Å²) in [4.78, 5) is 15.2. The van der Waals surface area contributed by atoms with Gasteiger partial charge in [-0.1, -0.05) is 18.2 Å². The number of nitrogens with zero attached hydrogens (tertiary/aromatic N) is 1. The van der Waals surface area contributed by atoms with E-state index in [9.17, 15) is 4.79 Å². The van der Waals surface area contributed by atoms with Gasteiger partial charge in [0.25, 0.3) is 5.91 Å². The smallest absolute Gasteiger partial charge is 0.251 e. The van der Waals surface area contributed by atoms with Crippen molar-refractivity contribution in [1.29, 1.82) is 0 Å². The van der Waals surface area contributed by atoms with Crippen LogP contribution in [0.1, 0.15) is 72.1 Å². The van der Waals surface area contributed by atoms with E-state index in [1.165, 1.54) is 48.9 Å². The third-order valence-electron chi connectivity index (χ3n) is 6.07. The lowest BCUT2D eigenvalue weighted by atomic mass is 9.90. The van der Waals surface area contributed by atoms with Crippen LogP contribution in [0, 0.1) is 0 Å². The van der Waals surface area contributed by atoms with Gasteiger partial charge in [0.05, 0.1) is 6.04 Å². The van der Waals surface area contributed by atoms with Gasteiger partial charge in [0.1, 0.15) is 0 Å². The Balaban J connectivity index is 1.40. The molecule has 2 aliphatic rings. The van der Waals surface area contributed by atoms with Crippen LogP contribution in [0.3, 0.4) is 0 Å². The van der Waals surface area contributed by atoms with Crippen molar-refractivity contribution in [2.24, 2.45) is 0 Å². The van der Waals surface area contributed by atoms with Gasteiger partial charge in [-0.05, 0) is 92.8 Å². The molecule has 1 N–H and O–H groups in total. The fourth-order valence-electron chi connectivity index (χ4n) is 4.36. The first-order valence-corrected chi connectivity index (χ1v) is 10.5. The van der Waals surface area contributed by atoms with Gasteiger partial charge in [-0.2, -0.15) is 0 Å². The summed E-state index contributed by atoms with van der Waals surface area (Å²) >= 11 is 0. The lowest BCUT2D eigenvalue weighted by molar-refractivity contribution is 0.0939. The molecule has 1 amide bonds. The van der Waals surface area contributed by atoms with E-state index in [2.05, 4.69) is 53.5 Å². The normalized spacial score (nSPS) is 17.9. The van der Waals surface area contributed by atoms with Gasteiger partial charge in [-0.25, -0.2) is 0 Å². The average Bonchev–Trinajstić information content (AvgIpc) is 2.74. The van der Waals surface area contributed by atoms with Crippen molar-refractivity contribution in [2.75, 3.05) is 18.0 Å². The van der Waals surface area contributed by atoms with Gasteiger partial charge in [0.2, 0.25) is 0 Å². The maximum atomic E-state index is 12.7. The van der Waals surface area contributed by atoms with E-state index in [4.69, 9.17) is 0 Å². The number of aryl methyl sites for hydroxylation is 2. The van der Waals surface area contributed by atoms with Gasteiger partial charge in [-0.3, -0.25) is 4.79 Å². The number of hydrogen-bond acceptors (Lipinski definition) is 2. The van der Waals surface area contributed by atoms with Gasteiger partial charge in [0.15, 0.2) is 0 Å². The Hall–Kier alpha value is -2.29. The summed E-state index contributed by atoms with van der Waals surface area (Å²) in [6.07, 6.45) is 8.67. The summed E-state index contributed by atoms with van der Waals surface area (Å²) in [5.41, 5.74) is 6.01. The first-order chi connectivity index (χ1) is 13.2. The second-order valence-corrected chi connectivity index (χ2v) is 8.02. The fraction of sp³-hybridized carbons (Fsp3) is 0.458. The SMILES string of the molecule is C[C@@H](NC(=O)c1ccc2c(c1)CCCC2)c1ccc(N2CCCCC2)cc1. The molecule has 27 heavy (non-hydrogen) atoms. The fourth-order valence-corrected chi connectivity index (χ4v) is 4.36. The van der Waals surface area contributed by atoms with E-state index >= 15 is 0 Å². The number of piperidine rings is 1. The molecule has 0 radical (unpaired) electrons. The summed E-state index contributed by atoms with van der Waals surface area (Å²) in [7, 11) is 0. The van der Waals surface area contributed by atoms with E-state index in [0.29, 0.717) is 0 Å². The van der Waals surface area contributed by atoms with E-state index in [1.54, 1.807) is 0 Å². The molecule has 1 fully saturated rings. The Bertz CT molecular complexity index is 791. The molecule has 3 nitrogen and oxygen atoms in total. The average molecular weight is 363 g/mol. The molecule has 1 heterocycles. The molecule has 0 aromatic heterocycles. The molecule has 2 aromatic carbocycles. The molecule has 0 spiro atoms. The molecule has 3 heteroatoms. The van der Waals surface area contributed by atoms with Crippen molar-refractivity contribution >= 4 is 11.6 Å². The Morgan fingerprint density at radius 3 is 2.33 bits per heavy atom. The number of rotatable bonds is 4. The first-order valence-electron chi connectivity index (χ1n) is 10.5. The van der Waals surface area contributed by atoms with Crippen LogP contribution in [0.25, 0.3) is 0 Å². The lowest BCUT2D eigenvalue weighted by Gasteiger charge is -2.29. The van der Waals surface area contributed by atoms with Crippen molar-refractivity contribution in [3.63, 3.8) is 0 Å². The van der Waals surface area contributed by atoms with E-state index in [1.807, 2.05) is 6.07 Å². The Morgan fingerprint density at radius 2 is 1.59 bits per heavy atom. The molecular formula is C24H30N2O. The Kier molecular flexibility index (Phi) is 5.47. The third-order valence-corrected chi connectivity index (χ3v) is 6.07.